The first-order chi connectivity index (χ1) is 8.99. The number of phenolic OH excluding ortho intramolecular Hbond substituents is 1. The Labute approximate surface area is 106 Å². The van der Waals surface area contributed by atoms with Gasteiger partial charge in [-0.3, -0.25) is 14.9 Å². The molecule has 1 aromatic carbocycles. The summed E-state index contributed by atoms with van der Waals surface area (Å²) in [7, 11) is 0. The van der Waals surface area contributed by atoms with Crippen LogP contribution in [0, 0.1) is 10.1 Å². The number of hydrazone groups is 1. The number of nitro groups is 1. The molecule has 9 nitrogen and oxygen atoms in total. The third-order valence-electron chi connectivity index (χ3n) is 2.44. The maximum Gasteiger partial charge on any atom is 0.272 e. The van der Waals surface area contributed by atoms with E-state index in [9.17, 15) is 20.0 Å². The van der Waals surface area contributed by atoms with Crippen LogP contribution in [0.5, 0.6) is 5.75 Å². The van der Waals surface area contributed by atoms with Gasteiger partial charge in [-0.1, -0.05) is 0 Å². The molecule has 0 saturated carbocycles. The van der Waals surface area contributed by atoms with Gasteiger partial charge in [0, 0.05) is 12.1 Å². The Balaban J connectivity index is 2.28. The van der Waals surface area contributed by atoms with E-state index >= 15 is 0 Å². The predicted octanol–water partition coefficient (Wildman–Crippen LogP) is 1.26. The molecule has 1 amide bonds. The molecule has 1 unspecified atom stereocenters. The first kappa shape index (κ1) is 12.6. The zero-order chi connectivity index (χ0) is 14.0. The number of benzene rings is 1. The fourth-order valence-electron chi connectivity index (χ4n) is 1.42. The van der Waals surface area contributed by atoms with Crippen LogP contribution in [-0.2, 0) is 4.79 Å². The minimum absolute atomic E-state index is 0.0818. The molecule has 98 valence electrons. The van der Waals surface area contributed by atoms with E-state index in [1.54, 1.807) is 6.92 Å². The number of nitrogens with zero attached hydrogens (tertiary/aromatic N) is 4. The molecule has 0 bridgehead atoms. The third kappa shape index (κ3) is 2.54. The highest BCUT2D eigenvalue weighted by Crippen LogP contribution is 2.30. The van der Waals surface area contributed by atoms with Crippen LogP contribution in [0.3, 0.4) is 0 Å². The van der Waals surface area contributed by atoms with Crippen molar-refractivity contribution in [1.29, 1.82) is 0 Å². The summed E-state index contributed by atoms with van der Waals surface area (Å²) in [4.78, 5) is 21.3. The van der Waals surface area contributed by atoms with Gasteiger partial charge in [-0.2, -0.15) is 15.3 Å². The number of aromatic hydroxyl groups is 1. The van der Waals surface area contributed by atoms with Gasteiger partial charge in [0.25, 0.3) is 11.6 Å². The number of amides is 1. The fraction of sp³-hybridized carbons (Fsp3) is 0.200. The number of phenols is 1. The molecule has 1 heterocycles. The van der Waals surface area contributed by atoms with Crippen molar-refractivity contribution in [3.8, 4) is 5.75 Å². The molecule has 9 heteroatoms. The number of carbonyl (C=O) groups is 1. The van der Waals surface area contributed by atoms with Gasteiger partial charge in [-0.15, -0.1) is 0 Å². The number of rotatable bonds is 3. The second-order valence-corrected chi connectivity index (χ2v) is 3.78. The molecule has 0 radical (unpaired) electrons. The molecule has 19 heavy (non-hydrogen) atoms. The average molecular weight is 263 g/mol. The van der Waals surface area contributed by atoms with Gasteiger partial charge in [0.2, 0.25) is 0 Å². The van der Waals surface area contributed by atoms with Crippen molar-refractivity contribution < 1.29 is 14.8 Å². The normalized spacial score (nSPS) is 18.5. The molecule has 1 aromatic rings. The molecule has 0 fully saturated rings. The van der Waals surface area contributed by atoms with E-state index in [2.05, 4.69) is 20.8 Å². The van der Waals surface area contributed by atoms with Crippen LogP contribution >= 0.6 is 0 Å². The second-order valence-electron chi connectivity index (χ2n) is 3.78. The third-order valence-corrected chi connectivity index (χ3v) is 2.44. The maximum absolute atomic E-state index is 11.3. The van der Waals surface area contributed by atoms with Gasteiger partial charge in [0.05, 0.1) is 10.6 Å². The van der Waals surface area contributed by atoms with Gasteiger partial charge in [0.1, 0.15) is 11.4 Å². The molecule has 0 aromatic heterocycles. The Hall–Kier alpha value is -2.84. The van der Waals surface area contributed by atoms with Crippen LogP contribution in [0.4, 0.5) is 11.4 Å². The summed E-state index contributed by atoms with van der Waals surface area (Å²) in [5.41, 5.74) is 2.34. The Kier molecular flexibility index (Phi) is 3.19. The van der Waals surface area contributed by atoms with Crippen molar-refractivity contribution in [2.24, 2.45) is 15.3 Å². The number of azo groups is 1. The molecule has 1 aliphatic heterocycles. The van der Waals surface area contributed by atoms with Crippen molar-refractivity contribution in [2.75, 3.05) is 0 Å². The standard InChI is InChI=1S/C10H9N5O4/c1-5-9(10(17)14-11-5)13-12-7-4-6(15(18)19)2-3-8(7)16/h2-4,9,16H,1H3,(H,14,17). The summed E-state index contributed by atoms with van der Waals surface area (Å²) in [6.07, 6.45) is 0. The smallest absolute Gasteiger partial charge is 0.272 e. The number of carbonyl (C=O) groups excluding carboxylic acids is 1. The molecule has 0 spiro atoms. The van der Waals surface area contributed by atoms with E-state index in [-0.39, 0.29) is 17.1 Å². The van der Waals surface area contributed by atoms with Crippen molar-refractivity contribution in [3.63, 3.8) is 0 Å². The summed E-state index contributed by atoms with van der Waals surface area (Å²) < 4.78 is 0. The number of hydrogen-bond donors (Lipinski definition) is 2. The lowest BCUT2D eigenvalue weighted by molar-refractivity contribution is -0.384. The highest BCUT2D eigenvalue weighted by molar-refractivity contribution is 6.10. The lowest BCUT2D eigenvalue weighted by Gasteiger charge is -2.00. The van der Waals surface area contributed by atoms with Gasteiger partial charge >= 0.3 is 0 Å². The number of nitrogens with one attached hydrogen (secondary N) is 1. The van der Waals surface area contributed by atoms with Crippen molar-refractivity contribution in [1.82, 2.24) is 5.43 Å². The summed E-state index contributed by atoms with van der Waals surface area (Å²) >= 11 is 0. The van der Waals surface area contributed by atoms with Gasteiger partial charge in [-0.05, 0) is 13.0 Å². The van der Waals surface area contributed by atoms with E-state index in [1.165, 1.54) is 0 Å². The molecule has 1 aliphatic rings. The Morgan fingerprint density at radius 2 is 2.26 bits per heavy atom. The fourth-order valence-corrected chi connectivity index (χ4v) is 1.42. The second kappa shape index (κ2) is 4.80. The molecular weight excluding hydrogens is 254 g/mol. The zero-order valence-corrected chi connectivity index (χ0v) is 9.77. The van der Waals surface area contributed by atoms with Gasteiger partial charge in [0.15, 0.2) is 6.04 Å². The van der Waals surface area contributed by atoms with Crippen LogP contribution < -0.4 is 5.43 Å². The van der Waals surface area contributed by atoms with Crippen LogP contribution in [0.25, 0.3) is 0 Å². The van der Waals surface area contributed by atoms with Crippen molar-refractivity contribution in [3.05, 3.63) is 28.3 Å². The molecule has 0 saturated heterocycles. The minimum atomic E-state index is -0.876. The minimum Gasteiger partial charge on any atom is -0.506 e. The summed E-state index contributed by atoms with van der Waals surface area (Å²) in [5, 5.41) is 31.2. The van der Waals surface area contributed by atoms with Crippen LogP contribution in [-0.4, -0.2) is 27.7 Å². The molecule has 1 atom stereocenters. The van der Waals surface area contributed by atoms with Crippen LogP contribution in [0.1, 0.15) is 6.92 Å². The van der Waals surface area contributed by atoms with E-state index in [1.807, 2.05) is 0 Å². The van der Waals surface area contributed by atoms with E-state index in [0.29, 0.717) is 5.71 Å². The van der Waals surface area contributed by atoms with Crippen LogP contribution in [0.15, 0.2) is 33.5 Å². The van der Waals surface area contributed by atoms with E-state index in [0.717, 1.165) is 18.2 Å². The maximum atomic E-state index is 11.3. The highest BCUT2D eigenvalue weighted by Gasteiger charge is 2.26. The number of non-ortho nitro benzene ring substituents is 1. The summed E-state index contributed by atoms with van der Waals surface area (Å²) in [6, 6.07) is 2.47. The largest absolute Gasteiger partial charge is 0.506 e. The predicted molar refractivity (Wildman–Crippen MR) is 64.3 cm³/mol. The van der Waals surface area contributed by atoms with Gasteiger partial charge in [-0.25, -0.2) is 5.43 Å². The Bertz CT molecular complexity index is 610. The van der Waals surface area contributed by atoms with E-state index in [4.69, 9.17) is 0 Å². The van der Waals surface area contributed by atoms with Crippen LogP contribution in [0.2, 0.25) is 0 Å². The summed E-state index contributed by atoms with van der Waals surface area (Å²) in [5.74, 6) is -0.700. The number of hydrogen-bond acceptors (Lipinski definition) is 7. The molecule has 2 rings (SSSR count). The first-order valence-corrected chi connectivity index (χ1v) is 5.21. The Morgan fingerprint density at radius 3 is 2.84 bits per heavy atom. The quantitative estimate of drug-likeness (QED) is 0.482. The highest BCUT2D eigenvalue weighted by atomic mass is 16.6. The monoisotopic (exact) mass is 263 g/mol. The Morgan fingerprint density at radius 1 is 1.53 bits per heavy atom. The zero-order valence-electron chi connectivity index (χ0n) is 9.77. The topological polar surface area (TPSA) is 130 Å². The molecular formula is C10H9N5O4. The average Bonchev–Trinajstić information content (AvgIpc) is 2.68. The van der Waals surface area contributed by atoms with Crippen molar-refractivity contribution >= 4 is 23.0 Å². The first-order valence-electron chi connectivity index (χ1n) is 5.21. The SMILES string of the molecule is CC1=NNC(=O)C1N=Nc1cc([N+](=O)[O-])ccc1O. The lowest BCUT2D eigenvalue weighted by atomic mass is 10.2. The lowest BCUT2D eigenvalue weighted by Crippen LogP contribution is -2.25. The molecule has 0 aliphatic carbocycles. The molecule has 2 N–H and O–H groups in total. The summed E-state index contributed by atoms with van der Waals surface area (Å²) in [6.45, 7) is 1.59. The van der Waals surface area contributed by atoms with Crippen molar-refractivity contribution in [2.45, 2.75) is 13.0 Å². The van der Waals surface area contributed by atoms with Gasteiger partial charge < -0.3 is 5.11 Å². The van der Waals surface area contributed by atoms with E-state index < -0.39 is 16.9 Å². The number of nitro benzene ring substituents is 1.